The van der Waals surface area contributed by atoms with Crippen LogP contribution in [0.15, 0.2) is 24.3 Å². The standard InChI is InChI=1S/C15H22INO3/c1-10(18)13(17-14(19)20-15(2,3)4)9-11-6-5-7-12(16)8-11/h5-8,10,13,18H,9H2,1-4H3,(H,17,19)/t10-,13+/m0/s1. The number of nitrogens with one attached hydrogen (secondary N) is 1. The van der Waals surface area contributed by atoms with Crippen LogP contribution in [0.4, 0.5) is 4.79 Å². The van der Waals surface area contributed by atoms with Crippen LogP contribution in [0, 0.1) is 3.57 Å². The van der Waals surface area contributed by atoms with Gasteiger partial charge in [-0.25, -0.2) is 4.79 Å². The Balaban J connectivity index is 2.68. The maximum Gasteiger partial charge on any atom is 0.407 e. The summed E-state index contributed by atoms with van der Waals surface area (Å²) in [5.74, 6) is 0. The molecular formula is C15H22INO3. The third-order valence-electron chi connectivity index (χ3n) is 2.63. The molecule has 0 saturated carbocycles. The Morgan fingerprint density at radius 2 is 2.10 bits per heavy atom. The van der Waals surface area contributed by atoms with Gasteiger partial charge >= 0.3 is 6.09 Å². The smallest absolute Gasteiger partial charge is 0.407 e. The van der Waals surface area contributed by atoms with Gasteiger partial charge in [-0.2, -0.15) is 0 Å². The largest absolute Gasteiger partial charge is 0.444 e. The van der Waals surface area contributed by atoms with Gasteiger partial charge in [0.2, 0.25) is 0 Å². The number of carbonyl (C=O) groups excluding carboxylic acids is 1. The molecule has 0 unspecified atom stereocenters. The average molecular weight is 391 g/mol. The number of halogens is 1. The lowest BCUT2D eigenvalue weighted by Gasteiger charge is -2.25. The van der Waals surface area contributed by atoms with E-state index in [0.717, 1.165) is 9.13 Å². The Morgan fingerprint density at radius 1 is 1.45 bits per heavy atom. The fourth-order valence-corrected chi connectivity index (χ4v) is 2.33. The van der Waals surface area contributed by atoms with Gasteiger partial charge in [0.15, 0.2) is 0 Å². The number of carbonyl (C=O) groups is 1. The van der Waals surface area contributed by atoms with Crippen LogP contribution in [0.1, 0.15) is 33.3 Å². The van der Waals surface area contributed by atoms with Crippen LogP contribution in [0.3, 0.4) is 0 Å². The van der Waals surface area contributed by atoms with Crippen LogP contribution in [0.2, 0.25) is 0 Å². The molecule has 0 spiro atoms. The van der Waals surface area contributed by atoms with Crippen molar-refractivity contribution in [3.63, 3.8) is 0 Å². The molecule has 0 aromatic heterocycles. The zero-order valence-corrected chi connectivity index (χ0v) is 14.5. The van der Waals surface area contributed by atoms with E-state index in [2.05, 4.69) is 27.9 Å². The second-order valence-electron chi connectivity index (χ2n) is 5.83. The van der Waals surface area contributed by atoms with Gasteiger partial charge in [-0.15, -0.1) is 0 Å². The molecule has 1 aromatic carbocycles. The van der Waals surface area contributed by atoms with E-state index >= 15 is 0 Å². The molecule has 2 N–H and O–H groups in total. The molecule has 0 heterocycles. The lowest BCUT2D eigenvalue weighted by molar-refractivity contribution is 0.0437. The number of hydrogen-bond donors (Lipinski definition) is 2. The van der Waals surface area contributed by atoms with Crippen molar-refractivity contribution in [1.29, 1.82) is 0 Å². The first-order chi connectivity index (χ1) is 9.17. The Kier molecular flexibility index (Phi) is 6.26. The van der Waals surface area contributed by atoms with Crippen LogP contribution in [-0.2, 0) is 11.2 Å². The van der Waals surface area contributed by atoms with Gasteiger partial charge < -0.3 is 15.2 Å². The molecule has 5 heteroatoms. The predicted octanol–water partition coefficient (Wildman–Crippen LogP) is 3.11. The molecule has 0 aliphatic rings. The minimum absolute atomic E-state index is 0.372. The zero-order chi connectivity index (χ0) is 15.3. The number of hydrogen-bond acceptors (Lipinski definition) is 3. The maximum atomic E-state index is 11.8. The maximum absolute atomic E-state index is 11.8. The molecule has 0 radical (unpaired) electrons. The summed E-state index contributed by atoms with van der Waals surface area (Å²) >= 11 is 2.24. The van der Waals surface area contributed by atoms with Crippen LogP contribution in [0.5, 0.6) is 0 Å². The van der Waals surface area contributed by atoms with E-state index in [1.165, 1.54) is 0 Å². The number of amides is 1. The van der Waals surface area contributed by atoms with Gasteiger partial charge in [-0.3, -0.25) is 0 Å². The quantitative estimate of drug-likeness (QED) is 0.776. The van der Waals surface area contributed by atoms with E-state index in [0.29, 0.717) is 6.42 Å². The van der Waals surface area contributed by atoms with E-state index in [-0.39, 0.29) is 6.04 Å². The Labute approximate surface area is 134 Å². The number of alkyl carbamates (subject to hydrolysis) is 1. The van der Waals surface area contributed by atoms with E-state index in [4.69, 9.17) is 4.74 Å². The second kappa shape index (κ2) is 7.26. The highest BCUT2D eigenvalue weighted by Crippen LogP contribution is 2.12. The molecule has 0 aliphatic carbocycles. The zero-order valence-electron chi connectivity index (χ0n) is 12.3. The van der Waals surface area contributed by atoms with Crippen molar-refractivity contribution >= 4 is 28.7 Å². The molecular weight excluding hydrogens is 369 g/mol. The third-order valence-corrected chi connectivity index (χ3v) is 3.30. The van der Waals surface area contributed by atoms with Gasteiger partial charge in [0, 0.05) is 3.57 Å². The fraction of sp³-hybridized carbons (Fsp3) is 0.533. The number of aliphatic hydroxyl groups excluding tert-OH is 1. The van der Waals surface area contributed by atoms with Crippen molar-refractivity contribution in [2.75, 3.05) is 0 Å². The highest BCUT2D eigenvalue weighted by Gasteiger charge is 2.22. The number of rotatable bonds is 4. The number of aliphatic hydroxyl groups is 1. The van der Waals surface area contributed by atoms with Crippen molar-refractivity contribution in [3.8, 4) is 0 Å². The van der Waals surface area contributed by atoms with Gasteiger partial charge in [0.1, 0.15) is 5.60 Å². The summed E-state index contributed by atoms with van der Waals surface area (Å²) in [7, 11) is 0. The van der Waals surface area contributed by atoms with Gasteiger partial charge in [-0.05, 0) is 74.4 Å². The van der Waals surface area contributed by atoms with Gasteiger partial charge in [0.05, 0.1) is 12.1 Å². The molecule has 0 aliphatic heterocycles. The summed E-state index contributed by atoms with van der Waals surface area (Å²) in [6.45, 7) is 7.09. The number of ether oxygens (including phenoxy) is 1. The lowest BCUT2D eigenvalue weighted by atomic mass is 10.0. The van der Waals surface area contributed by atoms with Crippen molar-refractivity contribution in [3.05, 3.63) is 33.4 Å². The highest BCUT2D eigenvalue weighted by molar-refractivity contribution is 14.1. The molecule has 2 atom stereocenters. The minimum Gasteiger partial charge on any atom is -0.444 e. The Bertz CT molecular complexity index is 455. The molecule has 0 bridgehead atoms. The fourth-order valence-electron chi connectivity index (χ4n) is 1.72. The second-order valence-corrected chi connectivity index (χ2v) is 7.07. The lowest BCUT2D eigenvalue weighted by Crippen LogP contribution is -2.45. The highest BCUT2D eigenvalue weighted by atomic mass is 127. The predicted molar refractivity (Wildman–Crippen MR) is 87.7 cm³/mol. The van der Waals surface area contributed by atoms with Gasteiger partial charge in [-0.1, -0.05) is 12.1 Å². The number of benzene rings is 1. The van der Waals surface area contributed by atoms with Crippen molar-refractivity contribution in [1.82, 2.24) is 5.32 Å². The van der Waals surface area contributed by atoms with Crippen LogP contribution in [-0.4, -0.2) is 28.9 Å². The summed E-state index contributed by atoms with van der Waals surface area (Å²) in [6, 6.07) is 7.61. The first-order valence-corrected chi connectivity index (χ1v) is 7.67. The molecule has 4 nitrogen and oxygen atoms in total. The van der Waals surface area contributed by atoms with E-state index in [9.17, 15) is 9.90 Å². The molecule has 20 heavy (non-hydrogen) atoms. The topological polar surface area (TPSA) is 58.6 Å². The normalized spacial score (nSPS) is 14.5. The average Bonchev–Trinajstić information content (AvgIpc) is 2.25. The summed E-state index contributed by atoms with van der Waals surface area (Å²) in [4.78, 5) is 11.8. The molecule has 1 aromatic rings. The summed E-state index contributed by atoms with van der Waals surface area (Å²) in [5.41, 5.74) is 0.522. The van der Waals surface area contributed by atoms with Crippen molar-refractivity contribution in [2.45, 2.75) is 51.9 Å². The SMILES string of the molecule is C[C@H](O)[C@@H](Cc1cccc(I)c1)NC(=O)OC(C)(C)C. The van der Waals surface area contributed by atoms with Crippen LogP contribution >= 0.6 is 22.6 Å². The first-order valence-electron chi connectivity index (χ1n) is 6.59. The summed E-state index contributed by atoms with van der Waals surface area (Å²) < 4.78 is 6.34. The van der Waals surface area contributed by atoms with Crippen LogP contribution < -0.4 is 5.32 Å². The van der Waals surface area contributed by atoms with Crippen LogP contribution in [0.25, 0.3) is 0 Å². The first kappa shape index (κ1) is 17.2. The van der Waals surface area contributed by atoms with E-state index in [1.807, 2.05) is 45.0 Å². The molecule has 0 fully saturated rings. The minimum atomic E-state index is -0.652. The molecule has 1 amide bonds. The molecule has 0 saturated heterocycles. The summed E-state index contributed by atoms with van der Waals surface area (Å²) in [6.07, 6.45) is -0.595. The van der Waals surface area contributed by atoms with E-state index < -0.39 is 17.8 Å². The monoisotopic (exact) mass is 391 g/mol. The van der Waals surface area contributed by atoms with Gasteiger partial charge in [0.25, 0.3) is 0 Å². The Morgan fingerprint density at radius 3 is 2.60 bits per heavy atom. The van der Waals surface area contributed by atoms with Crippen molar-refractivity contribution in [2.24, 2.45) is 0 Å². The van der Waals surface area contributed by atoms with E-state index in [1.54, 1.807) is 6.92 Å². The summed E-state index contributed by atoms with van der Waals surface area (Å²) in [5, 5.41) is 12.5. The Hall–Kier alpha value is -0.820. The molecule has 1 rings (SSSR count). The third kappa shape index (κ3) is 6.56. The van der Waals surface area contributed by atoms with Crippen molar-refractivity contribution < 1.29 is 14.6 Å². The molecule has 112 valence electrons.